The van der Waals surface area contributed by atoms with Crippen molar-refractivity contribution in [3.63, 3.8) is 0 Å². The van der Waals surface area contributed by atoms with E-state index in [2.05, 4.69) is 19.9 Å². The number of fused-ring (bicyclic) bond motifs is 1. The molecule has 0 saturated heterocycles. The number of hydrogen-bond donors (Lipinski definition) is 2. The molecule has 2 N–H and O–H groups in total. The Morgan fingerprint density at radius 2 is 2.16 bits per heavy atom. The predicted molar refractivity (Wildman–Crippen MR) is 105 cm³/mol. The van der Waals surface area contributed by atoms with E-state index in [4.69, 9.17) is 23.2 Å². The fraction of sp³-hybridized carbons (Fsp3) is 0.250. The van der Waals surface area contributed by atoms with Crippen LogP contribution in [0.25, 0.3) is 22.0 Å². The van der Waals surface area contributed by atoms with Crippen molar-refractivity contribution in [2.24, 2.45) is 0 Å². The van der Waals surface area contributed by atoms with Crippen molar-refractivity contribution in [1.29, 1.82) is 0 Å². The van der Waals surface area contributed by atoms with Gasteiger partial charge in [-0.1, -0.05) is 29.3 Å². The topological polar surface area (TPSA) is 73.9 Å². The molecule has 6 nitrogen and oxygen atoms in total. The van der Waals surface area contributed by atoms with Gasteiger partial charge in [0.2, 0.25) is 0 Å². The summed E-state index contributed by atoms with van der Waals surface area (Å²) in [4.78, 5) is 6.65. The summed E-state index contributed by atoms with van der Waals surface area (Å²) in [5.74, 6) is 0.747. The predicted octanol–water partition coefficient (Wildman–Crippen LogP) is 3.25. The maximum Gasteiger partial charge on any atom is 0.129 e. The second-order valence-corrected chi connectivity index (χ2v) is 7.52. The Morgan fingerprint density at radius 3 is 2.84 bits per heavy atom. The molecule has 0 bridgehead atoms. The fourth-order valence-corrected chi connectivity index (χ4v) is 3.26. The third-order valence-electron chi connectivity index (χ3n) is 3.81. The minimum Gasteiger partial charge on any atom is -0.358 e. The minimum atomic E-state index is -1.04. The molecule has 0 radical (unpaired) electrons. The van der Waals surface area contributed by atoms with Crippen LogP contribution in [0, 0.1) is 0 Å². The van der Waals surface area contributed by atoms with E-state index >= 15 is 0 Å². The van der Waals surface area contributed by atoms with Crippen molar-refractivity contribution < 1.29 is 4.21 Å². The van der Waals surface area contributed by atoms with E-state index in [0.29, 0.717) is 28.7 Å². The second kappa shape index (κ2) is 7.70. The highest BCUT2D eigenvalue weighted by Crippen LogP contribution is 2.36. The van der Waals surface area contributed by atoms with Crippen molar-refractivity contribution >= 4 is 50.9 Å². The lowest BCUT2D eigenvalue weighted by Crippen LogP contribution is -2.30. The summed E-state index contributed by atoms with van der Waals surface area (Å²) < 4.78 is 14.0. The summed E-state index contributed by atoms with van der Waals surface area (Å²) in [6, 6.07) is 5.66. The SMILES string of the molecule is CN(CCNS(C)=O)c1cc(-c2cn[nH]c2)c2ccc(Cl)c(Cl)c2n1. The van der Waals surface area contributed by atoms with Crippen molar-refractivity contribution in [2.75, 3.05) is 31.3 Å². The van der Waals surface area contributed by atoms with Crippen LogP contribution in [0.5, 0.6) is 0 Å². The number of benzene rings is 1. The number of nitrogens with zero attached hydrogens (tertiary/aromatic N) is 3. The standard InChI is InChI=1S/C16H17Cl2N5OS/c1-23(6-5-21-25(2)24)14-7-12(10-8-19-20-9-10)11-3-4-13(17)15(18)16(11)22-14/h3-4,7-9,21H,5-6H2,1-2H3,(H,19,20). The highest BCUT2D eigenvalue weighted by atomic mass is 35.5. The number of H-pyrrole nitrogens is 1. The molecule has 25 heavy (non-hydrogen) atoms. The van der Waals surface area contributed by atoms with E-state index in [1.165, 1.54) is 0 Å². The number of aromatic nitrogens is 3. The van der Waals surface area contributed by atoms with E-state index in [9.17, 15) is 4.21 Å². The molecule has 2 aromatic heterocycles. The third kappa shape index (κ3) is 3.95. The zero-order valence-corrected chi connectivity index (χ0v) is 16.0. The summed E-state index contributed by atoms with van der Waals surface area (Å²) in [5.41, 5.74) is 2.54. The van der Waals surface area contributed by atoms with Gasteiger partial charge in [0, 0.05) is 43.5 Å². The molecular weight excluding hydrogens is 381 g/mol. The zero-order chi connectivity index (χ0) is 18.0. The van der Waals surface area contributed by atoms with E-state index in [1.807, 2.05) is 30.3 Å². The Hall–Kier alpha value is -1.67. The molecule has 1 atom stereocenters. The zero-order valence-electron chi connectivity index (χ0n) is 13.7. The van der Waals surface area contributed by atoms with Gasteiger partial charge in [0.1, 0.15) is 5.82 Å². The Kier molecular flexibility index (Phi) is 5.58. The lowest BCUT2D eigenvalue weighted by atomic mass is 10.0. The van der Waals surface area contributed by atoms with Crippen LogP contribution in [0.3, 0.4) is 0 Å². The van der Waals surface area contributed by atoms with Gasteiger partial charge in [-0.25, -0.2) is 13.9 Å². The van der Waals surface area contributed by atoms with Crippen molar-refractivity contribution in [1.82, 2.24) is 19.9 Å². The number of nitrogens with one attached hydrogen (secondary N) is 2. The number of rotatable bonds is 6. The average molecular weight is 398 g/mol. The second-order valence-electron chi connectivity index (χ2n) is 5.54. The monoisotopic (exact) mass is 397 g/mol. The molecular formula is C16H17Cl2N5OS. The normalized spacial score (nSPS) is 12.5. The fourth-order valence-electron chi connectivity index (χ4n) is 2.52. The van der Waals surface area contributed by atoms with Crippen LogP contribution >= 0.6 is 23.2 Å². The van der Waals surface area contributed by atoms with Crippen LogP contribution in [0.1, 0.15) is 0 Å². The van der Waals surface area contributed by atoms with Crippen LogP contribution in [0.2, 0.25) is 10.0 Å². The molecule has 0 spiro atoms. The first-order valence-electron chi connectivity index (χ1n) is 7.53. The van der Waals surface area contributed by atoms with Crippen LogP contribution in [0.4, 0.5) is 5.82 Å². The van der Waals surface area contributed by atoms with Gasteiger partial charge < -0.3 is 4.90 Å². The van der Waals surface area contributed by atoms with Gasteiger partial charge in [0.15, 0.2) is 0 Å². The maximum absolute atomic E-state index is 11.2. The molecule has 0 aliphatic carbocycles. The third-order valence-corrected chi connectivity index (χ3v) is 5.22. The molecule has 1 aromatic carbocycles. The van der Waals surface area contributed by atoms with Crippen molar-refractivity contribution in [3.8, 4) is 11.1 Å². The smallest absolute Gasteiger partial charge is 0.129 e. The van der Waals surface area contributed by atoms with Gasteiger partial charge in [0.25, 0.3) is 0 Å². The van der Waals surface area contributed by atoms with Crippen molar-refractivity contribution in [3.05, 3.63) is 40.6 Å². The molecule has 3 aromatic rings. The summed E-state index contributed by atoms with van der Waals surface area (Å²) in [5, 5.41) is 8.64. The number of pyridine rings is 1. The van der Waals surface area contributed by atoms with Crippen molar-refractivity contribution in [2.45, 2.75) is 0 Å². The van der Waals surface area contributed by atoms with E-state index < -0.39 is 11.0 Å². The molecule has 0 aliphatic heterocycles. The first kappa shape index (κ1) is 18.1. The van der Waals surface area contributed by atoms with E-state index in [1.54, 1.807) is 18.5 Å². The highest BCUT2D eigenvalue weighted by Gasteiger charge is 2.15. The summed E-state index contributed by atoms with van der Waals surface area (Å²) in [6.07, 6.45) is 5.18. The molecule has 2 heterocycles. The number of likely N-dealkylation sites (N-methyl/N-ethyl adjacent to an activating group) is 1. The van der Waals surface area contributed by atoms with Gasteiger partial charge in [-0.3, -0.25) is 5.10 Å². The largest absolute Gasteiger partial charge is 0.358 e. The van der Waals surface area contributed by atoms with Gasteiger partial charge in [-0.2, -0.15) is 5.10 Å². The Bertz CT molecular complexity index is 917. The quantitative estimate of drug-likeness (QED) is 0.669. The molecule has 0 saturated carbocycles. The number of hydrogen-bond acceptors (Lipinski definition) is 4. The number of aromatic amines is 1. The molecule has 0 aliphatic rings. The average Bonchev–Trinajstić information content (AvgIpc) is 3.11. The molecule has 132 valence electrons. The van der Waals surface area contributed by atoms with E-state index in [-0.39, 0.29) is 0 Å². The molecule has 0 fully saturated rings. The number of anilines is 1. The van der Waals surface area contributed by atoms with E-state index in [0.717, 1.165) is 22.3 Å². The molecule has 3 rings (SSSR count). The van der Waals surface area contributed by atoms with Crippen LogP contribution in [0.15, 0.2) is 30.6 Å². The van der Waals surface area contributed by atoms with Crippen LogP contribution in [-0.2, 0) is 11.0 Å². The first-order valence-corrected chi connectivity index (χ1v) is 9.84. The lowest BCUT2D eigenvalue weighted by molar-refractivity contribution is 0.675. The Morgan fingerprint density at radius 1 is 1.36 bits per heavy atom. The summed E-state index contributed by atoms with van der Waals surface area (Å²) in [7, 11) is 0.879. The van der Waals surface area contributed by atoms with Gasteiger partial charge >= 0.3 is 0 Å². The molecule has 1 unspecified atom stereocenters. The molecule has 9 heteroatoms. The summed E-state index contributed by atoms with van der Waals surface area (Å²) >= 11 is 12.6. The Labute approximate surface area is 158 Å². The molecule has 0 amide bonds. The van der Waals surface area contributed by atoms with Gasteiger partial charge in [-0.15, -0.1) is 0 Å². The highest BCUT2D eigenvalue weighted by molar-refractivity contribution is 7.82. The van der Waals surface area contributed by atoms with Gasteiger partial charge in [0.05, 0.1) is 32.7 Å². The van der Waals surface area contributed by atoms with Crippen LogP contribution in [-0.4, -0.2) is 45.8 Å². The van der Waals surface area contributed by atoms with Crippen LogP contribution < -0.4 is 9.62 Å². The first-order chi connectivity index (χ1) is 12.0. The Balaban J connectivity index is 2.07. The van der Waals surface area contributed by atoms with Gasteiger partial charge in [-0.05, 0) is 17.7 Å². The lowest BCUT2D eigenvalue weighted by Gasteiger charge is -2.20. The minimum absolute atomic E-state index is 0.423. The maximum atomic E-state index is 11.2. The number of halogens is 2. The summed E-state index contributed by atoms with van der Waals surface area (Å²) in [6.45, 7) is 1.21.